The van der Waals surface area contributed by atoms with Crippen LogP contribution in [-0.2, 0) is 16.3 Å². The van der Waals surface area contributed by atoms with Crippen molar-refractivity contribution in [2.45, 2.75) is 29.4 Å². The molecule has 34 heavy (non-hydrogen) atoms. The maximum absolute atomic E-state index is 13.0. The fraction of sp³-hybridized carbons (Fsp3) is 0.348. The first kappa shape index (κ1) is 24.0. The molecule has 1 aromatic heterocycles. The van der Waals surface area contributed by atoms with E-state index in [0.29, 0.717) is 32.4 Å². The Labute approximate surface area is 202 Å². The lowest BCUT2D eigenvalue weighted by Gasteiger charge is -2.31. The van der Waals surface area contributed by atoms with E-state index in [2.05, 4.69) is 4.90 Å². The van der Waals surface area contributed by atoms with Gasteiger partial charge in [0, 0.05) is 48.7 Å². The molecule has 0 amide bonds. The number of ether oxygens (including phenoxy) is 2. The zero-order valence-corrected chi connectivity index (χ0v) is 20.5. The van der Waals surface area contributed by atoms with Gasteiger partial charge in [-0.3, -0.25) is 10.1 Å². The van der Waals surface area contributed by atoms with E-state index < -0.39 is 20.0 Å². The summed E-state index contributed by atoms with van der Waals surface area (Å²) < 4.78 is 36.8. The molecular formula is C23H25N3O6S2. The third kappa shape index (κ3) is 5.00. The van der Waals surface area contributed by atoms with Crippen molar-refractivity contribution in [2.75, 3.05) is 32.2 Å². The predicted molar refractivity (Wildman–Crippen MR) is 130 cm³/mol. The maximum atomic E-state index is 13.0. The molecule has 2 heterocycles. The third-order valence-corrected chi connectivity index (χ3v) is 9.12. The second kappa shape index (κ2) is 9.98. The van der Waals surface area contributed by atoms with Crippen molar-refractivity contribution in [3.05, 3.63) is 69.2 Å². The normalized spacial score (nSPS) is 14.7. The molecule has 1 aliphatic rings. The molecule has 180 valence electrons. The van der Waals surface area contributed by atoms with Gasteiger partial charge in [-0.2, -0.15) is 0 Å². The first-order valence-electron chi connectivity index (χ1n) is 10.7. The quantitative estimate of drug-likeness (QED) is 0.334. The van der Waals surface area contributed by atoms with Gasteiger partial charge in [-0.15, -0.1) is 11.3 Å². The molecule has 1 aliphatic heterocycles. The molecule has 0 unspecified atom stereocenters. The van der Waals surface area contributed by atoms with Crippen LogP contribution in [0.5, 0.6) is 11.5 Å². The minimum atomic E-state index is -3.64. The van der Waals surface area contributed by atoms with Crippen LogP contribution in [-0.4, -0.2) is 50.9 Å². The maximum Gasteiger partial charge on any atom is 0.270 e. The summed E-state index contributed by atoms with van der Waals surface area (Å²) in [5.74, 6) is 1.46. The van der Waals surface area contributed by atoms with Crippen LogP contribution >= 0.6 is 11.3 Å². The first-order valence-corrected chi connectivity index (χ1v) is 13.1. The zero-order valence-electron chi connectivity index (χ0n) is 18.8. The van der Waals surface area contributed by atoms with E-state index in [0.717, 1.165) is 34.0 Å². The minimum absolute atomic E-state index is 0.00474. The van der Waals surface area contributed by atoms with Gasteiger partial charge < -0.3 is 14.4 Å². The number of aromatic nitrogens is 1. The Kier molecular flexibility index (Phi) is 7.03. The van der Waals surface area contributed by atoms with Crippen molar-refractivity contribution in [3.8, 4) is 11.5 Å². The number of nitro benzene ring substituents is 1. The predicted octanol–water partition coefficient (Wildman–Crippen LogP) is 4.10. The summed E-state index contributed by atoms with van der Waals surface area (Å²) in [6, 6.07) is 11.0. The van der Waals surface area contributed by atoms with Gasteiger partial charge >= 0.3 is 0 Å². The SMILES string of the molecule is COc1ccc(Cc2csc(N3CCC(S(=O)(=O)c4cccc([N+](=O)[O-])c4)CC3)n2)c(OC)c1. The molecule has 0 radical (unpaired) electrons. The second-order valence-corrected chi connectivity index (χ2v) is 11.0. The van der Waals surface area contributed by atoms with Crippen molar-refractivity contribution >= 4 is 32.0 Å². The molecule has 4 rings (SSSR count). The van der Waals surface area contributed by atoms with Gasteiger partial charge in [0.25, 0.3) is 5.69 Å². The van der Waals surface area contributed by atoms with E-state index >= 15 is 0 Å². The highest BCUT2D eigenvalue weighted by atomic mass is 32.2. The molecule has 0 atom stereocenters. The van der Waals surface area contributed by atoms with Gasteiger partial charge in [0.2, 0.25) is 0 Å². The summed E-state index contributed by atoms with van der Waals surface area (Å²) in [5.41, 5.74) is 1.69. The van der Waals surface area contributed by atoms with Gasteiger partial charge in [-0.25, -0.2) is 13.4 Å². The minimum Gasteiger partial charge on any atom is -0.497 e. The number of hydrogen-bond donors (Lipinski definition) is 0. The number of thiazole rings is 1. The molecular weight excluding hydrogens is 478 g/mol. The van der Waals surface area contributed by atoms with Gasteiger partial charge in [0.1, 0.15) is 11.5 Å². The van der Waals surface area contributed by atoms with E-state index in [4.69, 9.17) is 14.5 Å². The molecule has 1 saturated heterocycles. The van der Waals surface area contributed by atoms with E-state index in [1.165, 1.54) is 29.5 Å². The number of non-ortho nitro benzene ring substituents is 1. The fourth-order valence-electron chi connectivity index (χ4n) is 4.04. The number of nitrogens with zero attached hydrogens (tertiary/aromatic N) is 3. The fourth-order valence-corrected chi connectivity index (χ4v) is 6.69. The summed E-state index contributed by atoms with van der Waals surface area (Å²) in [4.78, 5) is 17.3. The number of methoxy groups -OCH3 is 2. The third-order valence-electron chi connectivity index (χ3n) is 5.91. The van der Waals surface area contributed by atoms with Crippen LogP contribution in [0.4, 0.5) is 10.8 Å². The monoisotopic (exact) mass is 503 g/mol. The summed E-state index contributed by atoms with van der Waals surface area (Å²) in [6.07, 6.45) is 1.49. The van der Waals surface area contributed by atoms with Crippen molar-refractivity contribution < 1.29 is 22.8 Å². The Bertz CT molecular complexity index is 1280. The van der Waals surface area contributed by atoms with Gasteiger partial charge in [0.05, 0.1) is 35.0 Å². The molecule has 9 nitrogen and oxygen atoms in total. The summed E-state index contributed by atoms with van der Waals surface area (Å²) >= 11 is 1.53. The largest absolute Gasteiger partial charge is 0.497 e. The zero-order chi connectivity index (χ0) is 24.3. The number of hydrogen-bond acceptors (Lipinski definition) is 9. The number of piperidine rings is 1. The molecule has 0 spiro atoms. The first-order chi connectivity index (χ1) is 16.3. The molecule has 3 aromatic rings. The van der Waals surface area contributed by atoms with Gasteiger partial charge in [-0.05, 0) is 25.0 Å². The molecule has 2 aromatic carbocycles. The smallest absolute Gasteiger partial charge is 0.270 e. The Morgan fingerprint density at radius 1 is 1.15 bits per heavy atom. The highest BCUT2D eigenvalue weighted by Crippen LogP contribution is 2.32. The van der Waals surface area contributed by atoms with E-state index in [-0.39, 0.29) is 10.6 Å². The Balaban J connectivity index is 1.42. The number of nitro groups is 1. The summed E-state index contributed by atoms with van der Waals surface area (Å²) in [6.45, 7) is 1.11. The molecule has 1 fully saturated rings. The topological polar surface area (TPSA) is 112 Å². The Morgan fingerprint density at radius 2 is 1.91 bits per heavy atom. The number of rotatable bonds is 8. The average molecular weight is 504 g/mol. The lowest BCUT2D eigenvalue weighted by atomic mass is 10.1. The second-order valence-electron chi connectivity index (χ2n) is 7.96. The number of sulfone groups is 1. The standard InChI is InChI=1S/C23H25N3O6S2/c1-31-19-7-6-16(22(14-19)32-2)12-17-15-33-23(24-17)25-10-8-20(9-11-25)34(29,30)21-5-3-4-18(13-21)26(27)28/h3-7,13-15,20H,8-12H2,1-2H3. The van der Waals surface area contributed by atoms with E-state index in [1.54, 1.807) is 14.2 Å². The average Bonchev–Trinajstić information content (AvgIpc) is 3.33. The van der Waals surface area contributed by atoms with Crippen molar-refractivity contribution in [1.29, 1.82) is 0 Å². The Hall–Kier alpha value is -3.18. The van der Waals surface area contributed by atoms with Crippen LogP contribution in [0.1, 0.15) is 24.1 Å². The molecule has 0 saturated carbocycles. The Morgan fingerprint density at radius 3 is 2.59 bits per heavy atom. The number of benzene rings is 2. The van der Waals surface area contributed by atoms with Crippen LogP contribution in [0.25, 0.3) is 0 Å². The van der Waals surface area contributed by atoms with E-state index in [9.17, 15) is 18.5 Å². The summed E-state index contributed by atoms with van der Waals surface area (Å²) in [5, 5.41) is 13.3. The molecule has 0 aliphatic carbocycles. The highest BCUT2D eigenvalue weighted by Gasteiger charge is 2.33. The van der Waals surface area contributed by atoms with Crippen molar-refractivity contribution in [3.63, 3.8) is 0 Å². The van der Waals surface area contributed by atoms with Crippen molar-refractivity contribution in [1.82, 2.24) is 4.98 Å². The summed E-state index contributed by atoms with van der Waals surface area (Å²) in [7, 11) is -0.413. The highest BCUT2D eigenvalue weighted by molar-refractivity contribution is 7.92. The lowest BCUT2D eigenvalue weighted by molar-refractivity contribution is -0.385. The van der Waals surface area contributed by atoms with Crippen LogP contribution in [0.2, 0.25) is 0 Å². The van der Waals surface area contributed by atoms with Crippen LogP contribution < -0.4 is 14.4 Å². The molecule has 0 N–H and O–H groups in total. The van der Waals surface area contributed by atoms with Gasteiger partial charge in [-0.1, -0.05) is 12.1 Å². The van der Waals surface area contributed by atoms with E-state index in [1.807, 2.05) is 23.6 Å². The lowest BCUT2D eigenvalue weighted by Crippen LogP contribution is -2.39. The molecule has 11 heteroatoms. The van der Waals surface area contributed by atoms with Gasteiger partial charge in [0.15, 0.2) is 15.0 Å². The molecule has 0 bridgehead atoms. The van der Waals surface area contributed by atoms with Crippen LogP contribution in [0.15, 0.2) is 52.7 Å². The van der Waals surface area contributed by atoms with Crippen molar-refractivity contribution in [2.24, 2.45) is 0 Å². The number of anilines is 1. The van der Waals surface area contributed by atoms with Crippen LogP contribution in [0, 0.1) is 10.1 Å². The van der Waals surface area contributed by atoms with Crippen LogP contribution in [0.3, 0.4) is 0 Å².